The van der Waals surface area contributed by atoms with E-state index < -0.39 is 41.2 Å². The third-order valence-electron chi connectivity index (χ3n) is 5.56. The summed E-state index contributed by atoms with van der Waals surface area (Å²) in [6.07, 6.45) is 1.23. The predicted octanol–water partition coefficient (Wildman–Crippen LogP) is 1.82. The van der Waals surface area contributed by atoms with Crippen molar-refractivity contribution in [2.45, 2.75) is 36.5 Å². The number of nitrogens with zero attached hydrogens (tertiary/aromatic N) is 3. The molecule has 1 unspecified atom stereocenters. The van der Waals surface area contributed by atoms with Crippen molar-refractivity contribution in [3.05, 3.63) is 58.4 Å². The molecule has 1 fully saturated rings. The third-order valence-corrected chi connectivity index (χ3v) is 6.62. The first-order valence-electron chi connectivity index (χ1n) is 9.75. The van der Waals surface area contributed by atoms with Crippen LogP contribution in [0.4, 0.5) is 14.5 Å². The molecule has 8 nitrogen and oxygen atoms in total. The van der Waals surface area contributed by atoms with Gasteiger partial charge < -0.3 is 26.2 Å². The molecule has 166 valence electrons. The van der Waals surface area contributed by atoms with Crippen LogP contribution in [-0.2, 0) is 16.6 Å². The first kappa shape index (κ1) is 21.8. The number of hydrogen-bond acceptors (Lipinski definition) is 7. The van der Waals surface area contributed by atoms with E-state index in [0.717, 1.165) is 11.8 Å². The predicted molar refractivity (Wildman–Crippen MR) is 112 cm³/mol. The first-order chi connectivity index (χ1) is 14.8. The monoisotopic (exact) mass is 451 g/mol. The lowest BCUT2D eigenvalue weighted by atomic mass is 10.0. The van der Waals surface area contributed by atoms with E-state index in [1.165, 1.54) is 34.7 Å². The summed E-state index contributed by atoms with van der Waals surface area (Å²) < 4.78 is 36.7. The summed E-state index contributed by atoms with van der Waals surface area (Å²) in [6, 6.07) is 3.19. The van der Waals surface area contributed by atoms with Gasteiger partial charge in [0.05, 0.1) is 35.9 Å². The van der Waals surface area contributed by atoms with Gasteiger partial charge in [0.1, 0.15) is 28.8 Å². The van der Waals surface area contributed by atoms with E-state index in [1.54, 1.807) is 11.7 Å². The van der Waals surface area contributed by atoms with Gasteiger partial charge in [-0.1, -0.05) is 6.07 Å². The van der Waals surface area contributed by atoms with Crippen LogP contribution in [0.1, 0.15) is 35.6 Å². The van der Waals surface area contributed by atoms with Crippen LogP contribution < -0.4 is 16.4 Å². The van der Waals surface area contributed by atoms with E-state index in [0.29, 0.717) is 24.2 Å². The molecule has 0 radical (unpaired) electrons. The molecule has 2 aliphatic heterocycles. The lowest BCUT2D eigenvalue weighted by Crippen LogP contribution is -2.35. The van der Waals surface area contributed by atoms with Crippen LogP contribution in [0.25, 0.3) is 0 Å². The molecule has 0 bridgehead atoms. The Hall–Kier alpha value is -2.47. The van der Waals surface area contributed by atoms with Gasteiger partial charge in [-0.15, -0.1) is 11.8 Å². The summed E-state index contributed by atoms with van der Waals surface area (Å²) in [7, 11) is 1.71. The molecule has 0 aliphatic carbocycles. The second kappa shape index (κ2) is 8.58. The maximum atomic E-state index is 14.6. The van der Waals surface area contributed by atoms with Crippen molar-refractivity contribution in [2.24, 2.45) is 18.5 Å². The van der Waals surface area contributed by atoms with Crippen molar-refractivity contribution in [3.8, 4) is 0 Å². The van der Waals surface area contributed by atoms with E-state index in [4.69, 9.17) is 16.2 Å². The van der Waals surface area contributed by atoms with Crippen molar-refractivity contribution in [1.29, 1.82) is 0 Å². The molecule has 1 amide bonds. The lowest BCUT2D eigenvalue weighted by molar-refractivity contribution is -0.114. The number of carbonyl (C=O) groups is 1. The summed E-state index contributed by atoms with van der Waals surface area (Å²) in [5, 5.41) is 14.9. The average Bonchev–Trinajstić information content (AvgIpc) is 3.27. The Morgan fingerprint density at radius 3 is 2.71 bits per heavy atom. The minimum atomic E-state index is -0.898. The van der Waals surface area contributed by atoms with Crippen molar-refractivity contribution in [1.82, 2.24) is 9.78 Å². The zero-order chi connectivity index (χ0) is 22.3. The number of aliphatic hydroxyl groups excluding tert-OH is 1. The zero-order valence-corrected chi connectivity index (χ0v) is 17.6. The fourth-order valence-corrected chi connectivity index (χ4v) is 5.12. The third kappa shape index (κ3) is 3.93. The Balaban J connectivity index is 1.79. The maximum Gasteiger partial charge on any atom is 0.265 e. The number of thioether (sulfide) groups is 1. The molecule has 4 atom stereocenters. The van der Waals surface area contributed by atoms with Gasteiger partial charge in [0.15, 0.2) is 0 Å². The van der Waals surface area contributed by atoms with Crippen LogP contribution in [0, 0.1) is 11.6 Å². The smallest absolute Gasteiger partial charge is 0.265 e. The summed E-state index contributed by atoms with van der Waals surface area (Å²) in [5.41, 5.74) is 12.5. The highest BCUT2D eigenvalue weighted by Gasteiger charge is 2.39. The molecule has 2 aromatic rings. The summed E-state index contributed by atoms with van der Waals surface area (Å²) >= 11 is 1.08. The minimum Gasteiger partial charge on any atom is -0.389 e. The van der Waals surface area contributed by atoms with Crippen molar-refractivity contribution < 1.29 is 23.4 Å². The largest absolute Gasteiger partial charge is 0.389 e. The molecule has 0 saturated carbocycles. The first-order valence-corrected chi connectivity index (χ1v) is 10.7. The Morgan fingerprint density at radius 2 is 2.03 bits per heavy atom. The number of benzene rings is 1. The SMILES string of the molecule is Cn1ncc(N2C(C(N)=O)=CSC2c2c(F)cccc2F)c1[C@@H]1CC[C@@H](N)[C@H](O)CO1. The molecule has 2 aliphatic rings. The molecule has 5 N–H and O–H groups in total. The quantitative estimate of drug-likeness (QED) is 0.649. The number of amides is 1. The Morgan fingerprint density at radius 1 is 1.32 bits per heavy atom. The highest BCUT2D eigenvalue weighted by molar-refractivity contribution is 8.02. The number of nitrogens with two attached hydrogens (primary N) is 2. The van der Waals surface area contributed by atoms with Gasteiger partial charge in [-0.3, -0.25) is 9.48 Å². The minimum absolute atomic E-state index is 0.0368. The van der Waals surface area contributed by atoms with Crippen LogP contribution in [0.2, 0.25) is 0 Å². The number of anilines is 1. The topological polar surface area (TPSA) is 120 Å². The number of halogens is 2. The maximum absolute atomic E-state index is 14.6. The molecular formula is C20H23F2N5O3S. The van der Waals surface area contributed by atoms with Crippen LogP contribution in [0.15, 0.2) is 35.5 Å². The van der Waals surface area contributed by atoms with Gasteiger partial charge in [-0.2, -0.15) is 5.10 Å². The highest BCUT2D eigenvalue weighted by Crippen LogP contribution is 2.49. The van der Waals surface area contributed by atoms with E-state index in [1.807, 2.05) is 0 Å². The Kier molecular flexibility index (Phi) is 6.02. The van der Waals surface area contributed by atoms with E-state index in [2.05, 4.69) is 5.10 Å². The molecule has 3 heterocycles. The van der Waals surface area contributed by atoms with Crippen molar-refractivity contribution >= 4 is 23.4 Å². The Labute approximate surface area is 181 Å². The molecule has 1 aromatic heterocycles. The molecule has 1 aromatic carbocycles. The number of carbonyl (C=O) groups excluding carboxylic acids is 1. The molecule has 11 heteroatoms. The van der Waals surface area contributed by atoms with Gasteiger partial charge in [0.25, 0.3) is 5.91 Å². The van der Waals surface area contributed by atoms with Crippen molar-refractivity contribution in [2.75, 3.05) is 11.5 Å². The number of rotatable bonds is 4. The van der Waals surface area contributed by atoms with E-state index >= 15 is 0 Å². The number of primary amides is 1. The van der Waals surface area contributed by atoms with Crippen LogP contribution in [0.5, 0.6) is 0 Å². The van der Waals surface area contributed by atoms with Gasteiger partial charge >= 0.3 is 0 Å². The number of aromatic nitrogens is 2. The van der Waals surface area contributed by atoms with Gasteiger partial charge in [0.2, 0.25) is 0 Å². The van der Waals surface area contributed by atoms with Crippen LogP contribution in [-0.4, -0.2) is 39.5 Å². The summed E-state index contributed by atoms with van der Waals surface area (Å²) in [4.78, 5) is 13.7. The fourth-order valence-electron chi connectivity index (χ4n) is 3.92. The number of ether oxygens (including phenoxy) is 1. The van der Waals surface area contributed by atoms with Gasteiger partial charge in [0, 0.05) is 18.5 Å². The summed E-state index contributed by atoms with van der Waals surface area (Å²) in [5.74, 6) is -2.19. The number of hydrogen-bond donors (Lipinski definition) is 3. The van der Waals surface area contributed by atoms with Crippen LogP contribution >= 0.6 is 11.8 Å². The molecule has 31 heavy (non-hydrogen) atoms. The standard InChI is InChI=1S/C20H23F2N5O3S/c1-26-18(16-6-5-12(23)15(28)8-30-16)13(7-25-26)27-14(19(24)29)9-31-20(27)17-10(21)3-2-4-11(17)22/h2-4,7,9,12,15-16,20,28H,5-6,8,23H2,1H3,(H2,24,29)/t12-,15-,16+,20?/m1/s1. The van der Waals surface area contributed by atoms with Crippen LogP contribution in [0.3, 0.4) is 0 Å². The molecular weight excluding hydrogens is 428 g/mol. The van der Waals surface area contributed by atoms with E-state index in [-0.39, 0.29) is 17.9 Å². The van der Waals surface area contributed by atoms with E-state index in [9.17, 15) is 18.7 Å². The Bertz CT molecular complexity index is 998. The molecule has 4 rings (SSSR count). The normalized spacial score (nSPS) is 26.6. The number of aryl methyl sites for hydroxylation is 1. The average molecular weight is 451 g/mol. The second-order valence-electron chi connectivity index (χ2n) is 7.53. The number of aliphatic hydroxyl groups is 1. The molecule has 1 saturated heterocycles. The summed E-state index contributed by atoms with van der Waals surface area (Å²) in [6.45, 7) is 0.0368. The fraction of sp³-hybridized carbons (Fsp3) is 0.400. The zero-order valence-electron chi connectivity index (χ0n) is 16.7. The highest BCUT2D eigenvalue weighted by atomic mass is 32.2. The second-order valence-corrected chi connectivity index (χ2v) is 8.48. The lowest BCUT2D eigenvalue weighted by Gasteiger charge is -2.30. The van der Waals surface area contributed by atoms with Gasteiger partial charge in [-0.05, 0) is 25.0 Å². The van der Waals surface area contributed by atoms with Gasteiger partial charge in [-0.25, -0.2) is 8.78 Å². The molecule has 0 spiro atoms. The van der Waals surface area contributed by atoms with Crippen molar-refractivity contribution in [3.63, 3.8) is 0 Å².